The number of hydrogen-bond acceptors (Lipinski definition) is 2. The van der Waals surface area contributed by atoms with E-state index in [0.29, 0.717) is 11.1 Å². The van der Waals surface area contributed by atoms with Crippen molar-refractivity contribution in [3.8, 4) is 0 Å². The summed E-state index contributed by atoms with van der Waals surface area (Å²) < 4.78 is 25.8. The van der Waals surface area contributed by atoms with Crippen molar-refractivity contribution in [3.63, 3.8) is 0 Å². The zero-order valence-electron chi connectivity index (χ0n) is 10.3. The molecule has 98 valence electrons. The quantitative estimate of drug-likeness (QED) is 0.614. The van der Waals surface area contributed by atoms with E-state index < -0.39 is 0 Å². The number of hydrogen-bond donors (Lipinski definition) is 0. The van der Waals surface area contributed by atoms with Crippen LogP contribution in [0.3, 0.4) is 0 Å². The molecule has 0 aromatic heterocycles. The Morgan fingerprint density at radius 2 is 1.79 bits per heavy atom. The lowest BCUT2D eigenvalue weighted by Crippen LogP contribution is -2.03. The van der Waals surface area contributed by atoms with Crippen molar-refractivity contribution in [2.24, 2.45) is 0 Å². The van der Waals surface area contributed by atoms with Crippen LogP contribution in [0.4, 0.5) is 8.78 Å². The number of Topliss-reactive ketones (excluding diaryl/α,β-unsaturated/α-hetero) is 1. The molecule has 0 bridgehead atoms. The van der Waals surface area contributed by atoms with E-state index in [4.69, 9.17) is 0 Å². The van der Waals surface area contributed by atoms with Crippen LogP contribution in [0.1, 0.15) is 15.9 Å². The average molecular weight is 278 g/mol. The smallest absolute Gasteiger partial charge is 0.173 e. The van der Waals surface area contributed by atoms with Gasteiger partial charge in [-0.05, 0) is 55.0 Å². The van der Waals surface area contributed by atoms with Gasteiger partial charge in [-0.25, -0.2) is 8.78 Å². The Morgan fingerprint density at radius 1 is 1.11 bits per heavy atom. The molecule has 2 aromatic carbocycles. The van der Waals surface area contributed by atoms with Gasteiger partial charge in [0.1, 0.15) is 11.6 Å². The molecule has 0 saturated carbocycles. The van der Waals surface area contributed by atoms with Crippen LogP contribution in [0.2, 0.25) is 0 Å². The first kappa shape index (κ1) is 13.7. The van der Waals surface area contributed by atoms with E-state index in [1.54, 1.807) is 25.1 Å². The van der Waals surface area contributed by atoms with Gasteiger partial charge >= 0.3 is 0 Å². The van der Waals surface area contributed by atoms with Gasteiger partial charge in [0.15, 0.2) is 5.78 Å². The van der Waals surface area contributed by atoms with Crippen LogP contribution in [0, 0.1) is 18.6 Å². The van der Waals surface area contributed by atoms with E-state index in [0.717, 1.165) is 4.90 Å². The van der Waals surface area contributed by atoms with Crippen molar-refractivity contribution in [3.05, 3.63) is 65.2 Å². The molecule has 0 heterocycles. The van der Waals surface area contributed by atoms with Gasteiger partial charge in [-0.2, -0.15) is 0 Å². The number of rotatable bonds is 4. The van der Waals surface area contributed by atoms with Gasteiger partial charge in [0.2, 0.25) is 0 Å². The predicted octanol–water partition coefficient (Wildman–Crippen LogP) is 4.25. The maximum atomic E-state index is 13.1. The van der Waals surface area contributed by atoms with Gasteiger partial charge in [-0.15, -0.1) is 11.8 Å². The number of thioether (sulfide) groups is 1. The van der Waals surface area contributed by atoms with Gasteiger partial charge in [0.05, 0.1) is 5.75 Å². The van der Waals surface area contributed by atoms with E-state index in [-0.39, 0.29) is 23.2 Å². The molecule has 0 unspecified atom stereocenters. The number of aryl methyl sites for hydroxylation is 1. The van der Waals surface area contributed by atoms with Crippen molar-refractivity contribution in [1.82, 2.24) is 0 Å². The number of carbonyl (C=O) groups is 1. The fourth-order valence-corrected chi connectivity index (χ4v) is 2.37. The second kappa shape index (κ2) is 5.97. The van der Waals surface area contributed by atoms with Crippen molar-refractivity contribution in [2.45, 2.75) is 11.8 Å². The third kappa shape index (κ3) is 3.64. The minimum absolute atomic E-state index is 0.0718. The van der Waals surface area contributed by atoms with Gasteiger partial charge in [0, 0.05) is 10.5 Å². The molecule has 0 aliphatic carbocycles. The summed E-state index contributed by atoms with van der Waals surface area (Å²) in [4.78, 5) is 12.8. The second-order valence-corrected chi connectivity index (χ2v) is 5.18. The van der Waals surface area contributed by atoms with Crippen molar-refractivity contribution in [1.29, 1.82) is 0 Å². The fourth-order valence-electron chi connectivity index (χ4n) is 1.58. The largest absolute Gasteiger partial charge is 0.293 e. The molecule has 4 heteroatoms. The highest BCUT2D eigenvalue weighted by atomic mass is 32.2. The molecule has 0 N–H and O–H groups in total. The SMILES string of the molecule is Cc1cc(C(=O)CSc2ccc(F)cc2)ccc1F. The van der Waals surface area contributed by atoms with E-state index in [1.807, 2.05) is 0 Å². The molecule has 2 rings (SSSR count). The summed E-state index contributed by atoms with van der Waals surface area (Å²) in [7, 11) is 0. The summed E-state index contributed by atoms with van der Waals surface area (Å²) >= 11 is 1.33. The van der Waals surface area contributed by atoms with E-state index in [1.165, 1.54) is 36.0 Å². The first-order chi connectivity index (χ1) is 9.06. The Balaban J connectivity index is 2.01. The summed E-state index contributed by atoms with van der Waals surface area (Å²) in [5.41, 5.74) is 0.950. The monoisotopic (exact) mass is 278 g/mol. The molecular weight excluding hydrogens is 266 g/mol. The van der Waals surface area contributed by atoms with Crippen molar-refractivity contribution < 1.29 is 13.6 Å². The zero-order chi connectivity index (χ0) is 13.8. The summed E-state index contributed by atoms with van der Waals surface area (Å²) in [6.07, 6.45) is 0. The van der Waals surface area contributed by atoms with E-state index >= 15 is 0 Å². The van der Waals surface area contributed by atoms with Crippen LogP contribution in [-0.4, -0.2) is 11.5 Å². The topological polar surface area (TPSA) is 17.1 Å². The van der Waals surface area contributed by atoms with Crippen molar-refractivity contribution in [2.75, 3.05) is 5.75 Å². The second-order valence-electron chi connectivity index (χ2n) is 4.13. The average Bonchev–Trinajstić information content (AvgIpc) is 2.41. The van der Waals surface area contributed by atoms with Crippen LogP contribution in [-0.2, 0) is 0 Å². The molecular formula is C15H12F2OS. The molecule has 0 aliphatic rings. The van der Waals surface area contributed by atoms with Crippen LogP contribution < -0.4 is 0 Å². The molecule has 0 fully saturated rings. The highest BCUT2D eigenvalue weighted by molar-refractivity contribution is 8.00. The fraction of sp³-hybridized carbons (Fsp3) is 0.133. The van der Waals surface area contributed by atoms with Crippen LogP contribution in [0.25, 0.3) is 0 Å². The van der Waals surface area contributed by atoms with Gasteiger partial charge in [-0.3, -0.25) is 4.79 Å². The Labute approximate surface area is 114 Å². The summed E-state index contributed by atoms with van der Waals surface area (Å²) in [5.74, 6) is -0.443. The molecule has 0 amide bonds. The van der Waals surface area contributed by atoms with Crippen LogP contribution >= 0.6 is 11.8 Å². The molecule has 0 saturated heterocycles. The first-order valence-electron chi connectivity index (χ1n) is 5.74. The Bertz CT molecular complexity index is 594. The predicted molar refractivity (Wildman–Crippen MR) is 72.6 cm³/mol. The molecule has 2 aromatic rings. The summed E-state index contributed by atoms with van der Waals surface area (Å²) in [5, 5.41) is 0. The highest BCUT2D eigenvalue weighted by Crippen LogP contribution is 2.20. The standard InChI is InChI=1S/C15H12F2OS/c1-10-8-11(2-7-14(10)17)15(18)9-19-13-5-3-12(16)4-6-13/h2-8H,9H2,1H3. The number of benzene rings is 2. The lowest BCUT2D eigenvalue weighted by atomic mass is 10.1. The maximum Gasteiger partial charge on any atom is 0.173 e. The molecule has 1 nitrogen and oxygen atoms in total. The van der Waals surface area contributed by atoms with Crippen LogP contribution in [0.5, 0.6) is 0 Å². The molecule has 19 heavy (non-hydrogen) atoms. The third-order valence-electron chi connectivity index (χ3n) is 2.66. The van der Waals surface area contributed by atoms with E-state index in [9.17, 15) is 13.6 Å². The molecule has 0 atom stereocenters. The Morgan fingerprint density at radius 3 is 2.42 bits per heavy atom. The number of ketones is 1. The molecule has 0 aliphatic heterocycles. The van der Waals surface area contributed by atoms with Gasteiger partial charge in [-0.1, -0.05) is 0 Å². The Hall–Kier alpha value is -1.68. The highest BCUT2D eigenvalue weighted by Gasteiger charge is 2.08. The Kier molecular flexibility index (Phi) is 4.32. The van der Waals surface area contributed by atoms with E-state index in [2.05, 4.69) is 0 Å². The first-order valence-corrected chi connectivity index (χ1v) is 6.72. The van der Waals surface area contributed by atoms with Crippen LogP contribution in [0.15, 0.2) is 47.4 Å². The molecule has 0 spiro atoms. The van der Waals surface area contributed by atoms with Gasteiger partial charge < -0.3 is 0 Å². The number of carbonyl (C=O) groups excluding carboxylic acids is 1. The lowest BCUT2D eigenvalue weighted by molar-refractivity contribution is 0.102. The summed E-state index contributed by atoms with van der Waals surface area (Å²) in [6.45, 7) is 1.62. The minimum Gasteiger partial charge on any atom is -0.293 e. The summed E-state index contributed by atoms with van der Waals surface area (Å²) in [6, 6.07) is 10.3. The zero-order valence-corrected chi connectivity index (χ0v) is 11.1. The van der Waals surface area contributed by atoms with Gasteiger partial charge in [0.25, 0.3) is 0 Å². The number of halogens is 2. The third-order valence-corrected chi connectivity index (χ3v) is 3.68. The lowest BCUT2D eigenvalue weighted by Gasteiger charge is -2.03. The normalized spacial score (nSPS) is 10.5. The van der Waals surface area contributed by atoms with Crippen molar-refractivity contribution >= 4 is 17.5 Å². The minimum atomic E-state index is -0.317. The maximum absolute atomic E-state index is 13.1. The molecule has 0 radical (unpaired) electrons.